The first-order valence-corrected chi connectivity index (χ1v) is 8.56. The van der Waals surface area contributed by atoms with Crippen LogP contribution >= 0.6 is 12.4 Å². The van der Waals surface area contributed by atoms with E-state index in [9.17, 15) is 0 Å². The summed E-state index contributed by atoms with van der Waals surface area (Å²) in [7, 11) is 0. The first kappa shape index (κ1) is 17.4. The van der Waals surface area contributed by atoms with Crippen molar-refractivity contribution in [2.24, 2.45) is 0 Å². The Bertz CT molecular complexity index is 619. The summed E-state index contributed by atoms with van der Waals surface area (Å²) >= 11 is 0. The van der Waals surface area contributed by atoms with Gasteiger partial charge in [0.15, 0.2) is 5.76 Å². The first-order chi connectivity index (χ1) is 11.4. The highest BCUT2D eigenvalue weighted by molar-refractivity contribution is 5.85. The van der Waals surface area contributed by atoms with Crippen LogP contribution < -0.4 is 5.32 Å². The van der Waals surface area contributed by atoms with Gasteiger partial charge in [0.25, 0.3) is 0 Å². The van der Waals surface area contributed by atoms with Crippen LogP contribution in [0.25, 0.3) is 11.3 Å². The van der Waals surface area contributed by atoms with E-state index in [-0.39, 0.29) is 12.4 Å². The summed E-state index contributed by atoms with van der Waals surface area (Å²) in [5, 5.41) is 7.70. The summed E-state index contributed by atoms with van der Waals surface area (Å²) in [5.41, 5.74) is 2.12. The number of nitrogens with one attached hydrogen (secondary N) is 1. The Balaban J connectivity index is 0.00000169. The fourth-order valence-corrected chi connectivity index (χ4v) is 3.59. The predicted octanol–water partition coefficient (Wildman–Crippen LogP) is 2.24. The molecule has 1 aromatic heterocycles. The van der Waals surface area contributed by atoms with Crippen LogP contribution in [-0.2, 0) is 6.54 Å². The average molecular weight is 349 g/mol. The van der Waals surface area contributed by atoms with Crippen molar-refractivity contribution < 1.29 is 4.52 Å². The molecule has 0 spiro atoms. The lowest BCUT2D eigenvalue weighted by molar-refractivity contribution is 0.0966. The number of hydrogen-bond acceptors (Lipinski definition) is 5. The number of nitrogens with zero attached hydrogens (tertiary/aromatic N) is 3. The van der Waals surface area contributed by atoms with E-state index in [0.29, 0.717) is 0 Å². The molecule has 0 amide bonds. The van der Waals surface area contributed by atoms with E-state index in [0.717, 1.165) is 62.3 Å². The van der Waals surface area contributed by atoms with Gasteiger partial charge in [-0.05, 0) is 13.0 Å². The smallest absolute Gasteiger partial charge is 0.167 e. The lowest BCUT2D eigenvalue weighted by atomic mass is 10.1. The number of hydrogen-bond donors (Lipinski definition) is 1. The molecule has 0 saturated carbocycles. The third kappa shape index (κ3) is 3.98. The number of halogens is 1. The van der Waals surface area contributed by atoms with Crippen molar-refractivity contribution in [3.63, 3.8) is 0 Å². The number of rotatable bonds is 4. The molecule has 2 fully saturated rings. The van der Waals surface area contributed by atoms with Gasteiger partial charge in [-0.1, -0.05) is 35.5 Å². The molecule has 3 heterocycles. The quantitative estimate of drug-likeness (QED) is 0.918. The largest absolute Gasteiger partial charge is 0.356 e. The number of benzene rings is 1. The Hall–Kier alpha value is -1.40. The van der Waals surface area contributed by atoms with Gasteiger partial charge in [-0.15, -0.1) is 12.4 Å². The van der Waals surface area contributed by atoms with Gasteiger partial charge < -0.3 is 9.84 Å². The lowest BCUT2D eigenvalue weighted by Crippen LogP contribution is -2.50. The summed E-state index contributed by atoms with van der Waals surface area (Å²) in [5.74, 6) is 0.858. The van der Waals surface area contributed by atoms with Crippen LogP contribution in [0.2, 0.25) is 0 Å². The van der Waals surface area contributed by atoms with Crippen molar-refractivity contribution in [2.75, 3.05) is 39.3 Å². The van der Waals surface area contributed by atoms with Crippen LogP contribution in [0.15, 0.2) is 40.9 Å². The Morgan fingerprint density at radius 2 is 1.92 bits per heavy atom. The molecule has 2 aliphatic rings. The van der Waals surface area contributed by atoms with Gasteiger partial charge in [0.05, 0.1) is 5.69 Å². The van der Waals surface area contributed by atoms with E-state index in [1.165, 1.54) is 13.0 Å². The molecule has 130 valence electrons. The molecule has 1 atom stereocenters. The minimum Gasteiger partial charge on any atom is -0.356 e. The fourth-order valence-electron chi connectivity index (χ4n) is 3.59. The van der Waals surface area contributed by atoms with Crippen molar-refractivity contribution in [1.29, 1.82) is 0 Å². The second-order valence-electron chi connectivity index (χ2n) is 6.51. The maximum Gasteiger partial charge on any atom is 0.167 e. The summed E-state index contributed by atoms with van der Waals surface area (Å²) in [6.07, 6.45) is 1.30. The van der Waals surface area contributed by atoms with Crippen LogP contribution in [0.5, 0.6) is 0 Å². The lowest BCUT2D eigenvalue weighted by Gasteiger charge is -2.37. The van der Waals surface area contributed by atoms with Crippen molar-refractivity contribution in [1.82, 2.24) is 20.3 Å². The maximum absolute atomic E-state index is 5.50. The van der Waals surface area contributed by atoms with Gasteiger partial charge in [0.2, 0.25) is 0 Å². The van der Waals surface area contributed by atoms with E-state index < -0.39 is 0 Å². The number of piperazine rings is 1. The van der Waals surface area contributed by atoms with Gasteiger partial charge in [0.1, 0.15) is 0 Å². The normalized spacial score (nSPS) is 22.4. The second-order valence-corrected chi connectivity index (χ2v) is 6.51. The topological polar surface area (TPSA) is 44.5 Å². The Morgan fingerprint density at radius 3 is 2.62 bits per heavy atom. The average Bonchev–Trinajstić information content (AvgIpc) is 3.28. The fraction of sp³-hybridized carbons (Fsp3) is 0.500. The van der Waals surface area contributed by atoms with Crippen LogP contribution in [-0.4, -0.2) is 60.3 Å². The molecule has 2 saturated heterocycles. The first-order valence-electron chi connectivity index (χ1n) is 8.56. The molecule has 24 heavy (non-hydrogen) atoms. The SMILES string of the molecule is Cl.c1ccc(-c2cc(CN3CCN(C4CCNC4)CC3)no2)cc1. The minimum absolute atomic E-state index is 0. The molecule has 0 aliphatic carbocycles. The molecule has 1 N–H and O–H groups in total. The molecular formula is C18H25ClN4O. The summed E-state index contributed by atoms with van der Waals surface area (Å²) in [6, 6.07) is 13.0. The summed E-state index contributed by atoms with van der Waals surface area (Å²) in [4.78, 5) is 5.11. The Labute approximate surface area is 149 Å². The van der Waals surface area contributed by atoms with Crippen LogP contribution in [0.1, 0.15) is 12.1 Å². The summed E-state index contributed by atoms with van der Waals surface area (Å²) in [6.45, 7) is 7.77. The Kier molecular flexibility index (Phi) is 5.89. The van der Waals surface area contributed by atoms with E-state index in [1.807, 2.05) is 18.2 Å². The standard InChI is InChI=1S/C18H24N4O.ClH/c1-2-4-15(5-3-1)18-12-16(20-23-18)14-21-8-10-22(11-9-21)17-6-7-19-13-17;/h1-5,12,17,19H,6-11,13-14H2;1H. The molecule has 2 aliphatic heterocycles. The van der Waals surface area contributed by atoms with E-state index in [2.05, 4.69) is 38.5 Å². The molecule has 0 radical (unpaired) electrons. The summed E-state index contributed by atoms with van der Waals surface area (Å²) < 4.78 is 5.50. The zero-order chi connectivity index (χ0) is 15.5. The van der Waals surface area contributed by atoms with Crippen LogP contribution in [0.3, 0.4) is 0 Å². The Morgan fingerprint density at radius 1 is 1.12 bits per heavy atom. The highest BCUT2D eigenvalue weighted by Gasteiger charge is 2.26. The molecule has 0 bridgehead atoms. The van der Waals surface area contributed by atoms with Gasteiger partial charge in [-0.25, -0.2) is 0 Å². The zero-order valence-electron chi connectivity index (χ0n) is 13.9. The van der Waals surface area contributed by atoms with Gasteiger partial charge in [0, 0.05) is 56.9 Å². The van der Waals surface area contributed by atoms with E-state index in [4.69, 9.17) is 4.52 Å². The molecule has 4 rings (SSSR count). The molecule has 6 heteroatoms. The van der Waals surface area contributed by atoms with Crippen molar-refractivity contribution in [2.45, 2.75) is 19.0 Å². The third-order valence-corrected chi connectivity index (χ3v) is 4.96. The highest BCUT2D eigenvalue weighted by Crippen LogP contribution is 2.21. The van der Waals surface area contributed by atoms with E-state index >= 15 is 0 Å². The third-order valence-electron chi connectivity index (χ3n) is 4.96. The molecule has 1 unspecified atom stereocenters. The minimum atomic E-state index is 0. The molecule has 5 nitrogen and oxygen atoms in total. The van der Waals surface area contributed by atoms with Crippen LogP contribution in [0, 0.1) is 0 Å². The maximum atomic E-state index is 5.50. The monoisotopic (exact) mass is 348 g/mol. The van der Waals surface area contributed by atoms with Crippen molar-refractivity contribution in [3.8, 4) is 11.3 Å². The van der Waals surface area contributed by atoms with Gasteiger partial charge >= 0.3 is 0 Å². The predicted molar refractivity (Wildman–Crippen MR) is 97.3 cm³/mol. The van der Waals surface area contributed by atoms with Crippen LogP contribution in [0.4, 0.5) is 0 Å². The zero-order valence-corrected chi connectivity index (χ0v) is 14.7. The van der Waals surface area contributed by atoms with Gasteiger partial charge in [-0.3, -0.25) is 9.80 Å². The second kappa shape index (κ2) is 8.12. The van der Waals surface area contributed by atoms with Crippen molar-refractivity contribution >= 4 is 12.4 Å². The molecular weight excluding hydrogens is 324 g/mol. The number of aromatic nitrogens is 1. The molecule has 2 aromatic rings. The molecule has 1 aromatic carbocycles. The van der Waals surface area contributed by atoms with Gasteiger partial charge in [-0.2, -0.15) is 0 Å². The van der Waals surface area contributed by atoms with E-state index in [1.54, 1.807) is 0 Å². The van der Waals surface area contributed by atoms with Crippen molar-refractivity contribution in [3.05, 3.63) is 42.1 Å². The highest BCUT2D eigenvalue weighted by atomic mass is 35.5.